The molecule has 0 saturated carbocycles. The second-order valence-corrected chi connectivity index (χ2v) is 16.7. The standard InChI is InChI=1S/C47H56N8O7S/c1-4-32(2)43(55-24-23-53(47(55)61)28-37-31-63-42(49-37)30-62-3)45(58)50-39(25-33-13-7-5-8-14-33)41(56)29-54(27-35-18-20-36(21-19-35)38-17-11-12-22-48-38)52-44(57)40(51-46(59)60)26-34-15-9-6-10-16-34/h5-22,31-32,39-41,43,51,56H,4,23-30H2,1-3H3,(H,50,58)(H,52,57)(H,59,60). The molecule has 5 amide bonds. The highest BCUT2D eigenvalue weighted by Gasteiger charge is 2.41. The number of aliphatic hydroxyl groups is 1. The third-order valence-corrected chi connectivity index (χ3v) is 12.0. The first-order chi connectivity index (χ1) is 30.5. The molecule has 2 aromatic heterocycles. The zero-order chi connectivity index (χ0) is 44.7. The summed E-state index contributed by atoms with van der Waals surface area (Å²) in [5.74, 6) is -1.24. The number of carboxylic acid groups (broad SMARTS) is 1. The summed E-state index contributed by atoms with van der Waals surface area (Å²) in [6, 6.07) is 28.7. The number of urea groups is 1. The third kappa shape index (κ3) is 13.2. The summed E-state index contributed by atoms with van der Waals surface area (Å²) in [5, 5.41) is 31.7. The average molecular weight is 877 g/mol. The zero-order valence-electron chi connectivity index (χ0n) is 35.8. The SMILES string of the molecule is CCC(C)C(C(=O)NC(Cc1ccccc1)C(O)CN(Cc1ccc(-c2ccccn2)cc1)NC(=O)C(Cc1ccccc1)NC(=O)O)N1CCN(Cc2csc(COC)n2)C1=O. The lowest BCUT2D eigenvalue weighted by atomic mass is 9.95. The Bertz CT molecular complexity index is 2230. The molecule has 5 N–H and O–H groups in total. The molecule has 5 aromatic rings. The van der Waals surface area contributed by atoms with E-state index < -0.39 is 42.1 Å². The van der Waals surface area contributed by atoms with Crippen molar-refractivity contribution in [1.29, 1.82) is 0 Å². The Kier molecular flexibility index (Phi) is 16.7. The van der Waals surface area contributed by atoms with Gasteiger partial charge in [0.05, 0.1) is 36.7 Å². The Morgan fingerprint density at radius 1 is 0.873 bits per heavy atom. The second kappa shape index (κ2) is 22.8. The lowest BCUT2D eigenvalue weighted by molar-refractivity contribution is -0.131. The first-order valence-electron chi connectivity index (χ1n) is 21.1. The number of hydrogen-bond acceptors (Lipinski definition) is 10. The molecule has 0 spiro atoms. The molecule has 0 bridgehead atoms. The van der Waals surface area contributed by atoms with Gasteiger partial charge in [0.25, 0.3) is 5.91 Å². The first kappa shape index (κ1) is 46.3. The molecule has 0 radical (unpaired) electrons. The van der Waals surface area contributed by atoms with Gasteiger partial charge in [-0.05, 0) is 41.2 Å². The number of amides is 5. The van der Waals surface area contributed by atoms with E-state index in [-0.39, 0.29) is 37.9 Å². The minimum atomic E-state index is -1.36. The summed E-state index contributed by atoms with van der Waals surface area (Å²) in [6.45, 7) is 5.34. The number of pyridine rings is 1. The molecule has 63 heavy (non-hydrogen) atoms. The number of thiazole rings is 1. The van der Waals surface area contributed by atoms with Crippen LogP contribution in [0.25, 0.3) is 11.3 Å². The van der Waals surface area contributed by atoms with E-state index in [0.29, 0.717) is 32.7 Å². The maximum Gasteiger partial charge on any atom is 0.405 e. The minimum absolute atomic E-state index is 0.0864. The van der Waals surface area contributed by atoms with E-state index in [1.165, 1.54) is 11.3 Å². The molecule has 3 aromatic carbocycles. The smallest absolute Gasteiger partial charge is 0.405 e. The predicted molar refractivity (Wildman–Crippen MR) is 240 cm³/mol. The number of carbonyl (C=O) groups is 4. The molecule has 5 unspecified atom stereocenters. The van der Waals surface area contributed by atoms with E-state index in [1.54, 1.807) is 28.1 Å². The number of benzene rings is 3. The summed E-state index contributed by atoms with van der Waals surface area (Å²) in [6.07, 6.45) is 0.0541. The molecule has 332 valence electrons. The number of ether oxygens (including phenoxy) is 1. The molecular weight excluding hydrogens is 821 g/mol. The maximum absolute atomic E-state index is 14.6. The van der Waals surface area contributed by atoms with Crippen molar-refractivity contribution < 1.29 is 34.1 Å². The normalized spacial score (nSPS) is 15.1. The Labute approximate surface area is 372 Å². The topological polar surface area (TPSA) is 190 Å². The molecule has 15 nitrogen and oxygen atoms in total. The van der Waals surface area contributed by atoms with Crippen LogP contribution in [-0.2, 0) is 46.9 Å². The fraction of sp³-hybridized carbons (Fsp3) is 0.362. The Hall–Kier alpha value is -6.20. The average Bonchev–Trinajstić information content (AvgIpc) is 3.89. The fourth-order valence-electron chi connectivity index (χ4n) is 7.64. The van der Waals surface area contributed by atoms with Crippen LogP contribution in [-0.4, -0.2) is 110 Å². The lowest BCUT2D eigenvalue weighted by Crippen LogP contribution is -2.59. The van der Waals surface area contributed by atoms with Crippen LogP contribution < -0.4 is 16.1 Å². The molecule has 6 rings (SSSR count). The maximum atomic E-state index is 14.6. The quantitative estimate of drug-likeness (QED) is 0.0556. The van der Waals surface area contributed by atoms with Crippen molar-refractivity contribution in [2.45, 2.75) is 77.0 Å². The van der Waals surface area contributed by atoms with Crippen LogP contribution in [0.3, 0.4) is 0 Å². The van der Waals surface area contributed by atoms with Crippen molar-refractivity contribution in [3.63, 3.8) is 0 Å². The van der Waals surface area contributed by atoms with Gasteiger partial charge in [-0.2, -0.15) is 0 Å². The summed E-state index contributed by atoms with van der Waals surface area (Å²) in [4.78, 5) is 66.8. The highest BCUT2D eigenvalue weighted by atomic mass is 32.1. The van der Waals surface area contributed by atoms with Crippen LogP contribution in [0.15, 0.2) is 115 Å². The molecule has 1 aliphatic rings. The number of aliphatic hydroxyl groups excluding tert-OH is 1. The van der Waals surface area contributed by atoms with Crippen LogP contribution >= 0.6 is 11.3 Å². The van der Waals surface area contributed by atoms with Crippen LogP contribution in [0.1, 0.15) is 47.7 Å². The number of rotatable bonds is 22. The highest BCUT2D eigenvalue weighted by molar-refractivity contribution is 7.09. The molecule has 1 fully saturated rings. The van der Waals surface area contributed by atoms with Crippen molar-refractivity contribution in [2.75, 3.05) is 26.7 Å². The van der Waals surface area contributed by atoms with Crippen LogP contribution in [0.5, 0.6) is 0 Å². The van der Waals surface area contributed by atoms with Gasteiger partial charge < -0.3 is 35.4 Å². The monoisotopic (exact) mass is 876 g/mol. The van der Waals surface area contributed by atoms with Crippen molar-refractivity contribution in [2.24, 2.45) is 5.92 Å². The predicted octanol–water partition coefficient (Wildman–Crippen LogP) is 5.50. The van der Waals surface area contributed by atoms with Crippen LogP contribution in [0.2, 0.25) is 0 Å². The second-order valence-electron chi connectivity index (χ2n) is 15.7. The van der Waals surface area contributed by atoms with Gasteiger partial charge in [-0.1, -0.05) is 111 Å². The van der Waals surface area contributed by atoms with Gasteiger partial charge in [-0.3, -0.25) is 20.0 Å². The van der Waals surface area contributed by atoms with E-state index in [1.807, 2.05) is 122 Å². The molecule has 5 atom stereocenters. The summed E-state index contributed by atoms with van der Waals surface area (Å²) < 4.78 is 5.21. The Morgan fingerprint density at radius 3 is 2.19 bits per heavy atom. The summed E-state index contributed by atoms with van der Waals surface area (Å²) >= 11 is 1.47. The van der Waals surface area contributed by atoms with Gasteiger partial charge in [-0.15, -0.1) is 11.3 Å². The van der Waals surface area contributed by atoms with E-state index in [0.717, 1.165) is 38.6 Å². The minimum Gasteiger partial charge on any atom is -0.465 e. The molecular formula is C47H56N8O7S. The van der Waals surface area contributed by atoms with Crippen LogP contribution in [0, 0.1) is 5.92 Å². The molecule has 0 aliphatic carbocycles. The number of aromatic nitrogens is 2. The molecule has 1 aliphatic heterocycles. The highest BCUT2D eigenvalue weighted by Crippen LogP contribution is 2.24. The van der Waals surface area contributed by atoms with Crippen molar-refractivity contribution in [1.82, 2.24) is 40.8 Å². The Morgan fingerprint density at radius 2 is 1.56 bits per heavy atom. The van der Waals surface area contributed by atoms with Gasteiger partial charge in [0, 0.05) is 56.9 Å². The first-order valence-corrected chi connectivity index (χ1v) is 22.0. The summed E-state index contributed by atoms with van der Waals surface area (Å²) in [5.41, 5.74) is 7.73. The van der Waals surface area contributed by atoms with Gasteiger partial charge in [0.2, 0.25) is 5.91 Å². The van der Waals surface area contributed by atoms with E-state index in [9.17, 15) is 29.4 Å². The molecule has 16 heteroatoms. The number of methoxy groups -OCH3 is 1. The largest absolute Gasteiger partial charge is 0.465 e. The third-order valence-electron chi connectivity index (χ3n) is 11.1. The van der Waals surface area contributed by atoms with Gasteiger partial charge >= 0.3 is 12.1 Å². The van der Waals surface area contributed by atoms with Gasteiger partial charge in [-0.25, -0.2) is 19.6 Å². The number of nitrogens with zero attached hydrogens (tertiary/aromatic N) is 5. The fourth-order valence-corrected chi connectivity index (χ4v) is 8.40. The van der Waals surface area contributed by atoms with Crippen molar-refractivity contribution >= 4 is 35.3 Å². The number of hydrogen-bond donors (Lipinski definition) is 5. The Balaban J connectivity index is 1.24. The zero-order valence-corrected chi connectivity index (χ0v) is 36.6. The van der Waals surface area contributed by atoms with E-state index in [4.69, 9.17) is 4.74 Å². The van der Waals surface area contributed by atoms with E-state index >= 15 is 0 Å². The number of carbonyl (C=O) groups excluding carboxylic acids is 3. The lowest BCUT2D eigenvalue weighted by Gasteiger charge is -2.35. The van der Waals surface area contributed by atoms with Gasteiger partial charge in [0.1, 0.15) is 17.1 Å². The summed E-state index contributed by atoms with van der Waals surface area (Å²) in [7, 11) is 1.61. The molecule has 3 heterocycles. The van der Waals surface area contributed by atoms with Crippen molar-refractivity contribution in [3.05, 3.63) is 142 Å². The molecule has 1 saturated heterocycles. The number of hydrazine groups is 1. The number of nitrogens with one attached hydrogen (secondary N) is 3. The van der Waals surface area contributed by atoms with E-state index in [2.05, 4.69) is 26.0 Å². The van der Waals surface area contributed by atoms with Gasteiger partial charge in [0.15, 0.2) is 0 Å². The van der Waals surface area contributed by atoms with Crippen LogP contribution in [0.4, 0.5) is 9.59 Å². The van der Waals surface area contributed by atoms with Crippen molar-refractivity contribution in [3.8, 4) is 11.3 Å².